The molecule has 1 aromatic carbocycles. The van der Waals surface area contributed by atoms with Crippen LogP contribution >= 0.6 is 0 Å². The molecular weight excluding hydrogens is 248 g/mol. The van der Waals surface area contributed by atoms with E-state index in [-0.39, 0.29) is 17.8 Å². The van der Waals surface area contributed by atoms with Crippen LogP contribution in [0.1, 0.15) is 12.5 Å². The molecule has 7 heteroatoms. The van der Waals surface area contributed by atoms with Gasteiger partial charge < -0.3 is 9.47 Å². The summed E-state index contributed by atoms with van der Waals surface area (Å²) in [5.41, 5.74) is 3.54. The average molecular weight is 264 g/mol. The zero-order valence-corrected chi connectivity index (χ0v) is 11.0. The molecule has 1 aromatic rings. The topological polar surface area (TPSA) is 89.2 Å². The van der Waals surface area contributed by atoms with Gasteiger partial charge in [-0.25, -0.2) is 5.84 Å². The molecule has 0 aromatic heterocycles. The minimum atomic E-state index is -0.366. The maximum absolute atomic E-state index is 12.1. The highest BCUT2D eigenvalue weighted by Crippen LogP contribution is 2.26. The van der Waals surface area contributed by atoms with Gasteiger partial charge in [0.2, 0.25) is 0 Å². The first kappa shape index (κ1) is 13.2. The lowest BCUT2D eigenvalue weighted by Crippen LogP contribution is -2.56. The summed E-state index contributed by atoms with van der Waals surface area (Å²) in [7, 11) is 3.07. The number of nitrogens with two attached hydrogens (primary N) is 1. The molecule has 0 bridgehead atoms. The highest BCUT2D eigenvalue weighted by molar-refractivity contribution is 6.46. The second-order valence-electron chi connectivity index (χ2n) is 4.04. The number of rotatable bonds is 3. The number of hydrazone groups is 1. The Morgan fingerprint density at radius 3 is 2.74 bits per heavy atom. The highest BCUT2D eigenvalue weighted by Gasteiger charge is 2.29. The number of nitrogens with one attached hydrogen (secondary N) is 1. The fourth-order valence-corrected chi connectivity index (χ4v) is 1.74. The van der Waals surface area contributed by atoms with Crippen LogP contribution in [-0.2, 0) is 4.79 Å². The van der Waals surface area contributed by atoms with E-state index in [0.717, 1.165) is 5.01 Å². The van der Waals surface area contributed by atoms with E-state index in [2.05, 4.69) is 10.5 Å². The van der Waals surface area contributed by atoms with Crippen molar-refractivity contribution in [3.05, 3.63) is 23.8 Å². The normalized spacial score (nSPS) is 18.7. The van der Waals surface area contributed by atoms with Crippen molar-refractivity contribution in [1.82, 2.24) is 10.4 Å². The lowest BCUT2D eigenvalue weighted by atomic mass is 10.1. The van der Waals surface area contributed by atoms with E-state index in [4.69, 9.17) is 15.3 Å². The molecule has 0 saturated carbocycles. The summed E-state index contributed by atoms with van der Waals surface area (Å²) in [6.07, 6.45) is -0.347. The number of hydrazine groups is 1. The predicted molar refractivity (Wildman–Crippen MR) is 69.7 cm³/mol. The summed E-state index contributed by atoms with van der Waals surface area (Å²) in [5.74, 6) is 6.44. The number of ether oxygens (including phenoxy) is 2. The van der Waals surface area contributed by atoms with Gasteiger partial charge in [-0.3, -0.25) is 15.2 Å². The van der Waals surface area contributed by atoms with Crippen LogP contribution in [0.2, 0.25) is 0 Å². The minimum Gasteiger partial charge on any atom is -0.497 e. The van der Waals surface area contributed by atoms with Gasteiger partial charge in [-0.15, -0.1) is 0 Å². The number of methoxy groups -OCH3 is 2. The van der Waals surface area contributed by atoms with E-state index >= 15 is 0 Å². The molecule has 0 saturated heterocycles. The van der Waals surface area contributed by atoms with E-state index in [9.17, 15) is 4.79 Å². The third kappa shape index (κ3) is 2.32. The first-order valence-corrected chi connectivity index (χ1v) is 5.72. The third-order valence-electron chi connectivity index (χ3n) is 2.88. The fourth-order valence-electron chi connectivity index (χ4n) is 1.74. The van der Waals surface area contributed by atoms with Crippen LogP contribution in [-0.4, -0.2) is 37.0 Å². The second-order valence-corrected chi connectivity index (χ2v) is 4.04. The lowest BCUT2D eigenvalue weighted by Gasteiger charge is -2.29. The SMILES string of the molecule is COc1ccc(C2=NNC(C)N(N)C2=O)c(OC)c1. The lowest BCUT2D eigenvalue weighted by molar-refractivity contribution is -0.127. The molecule has 1 unspecified atom stereocenters. The fraction of sp³-hybridized carbons (Fsp3) is 0.333. The Morgan fingerprint density at radius 1 is 1.37 bits per heavy atom. The van der Waals surface area contributed by atoms with E-state index in [1.807, 2.05) is 0 Å². The van der Waals surface area contributed by atoms with Crippen molar-refractivity contribution in [2.45, 2.75) is 13.1 Å². The summed E-state index contributed by atoms with van der Waals surface area (Å²) >= 11 is 0. The van der Waals surface area contributed by atoms with Crippen LogP contribution in [0.5, 0.6) is 11.5 Å². The zero-order chi connectivity index (χ0) is 14.0. The summed E-state index contributed by atoms with van der Waals surface area (Å²) < 4.78 is 10.4. The maximum Gasteiger partial charge on any atom is 0.290 e. The molecule has 1 atom stereocenters. The Bertz CT molecular complexity index is 530. The average Bonchev–Trinajstić information content (AvgIpc) is 2.44. The molecule has 102 valence electrons. The van der Waals surface area contributed by atoms with Gasteiger partial charge in [-0.2, -0.15) is 5.10 Å². The van der Waals surface area contributed by atoms with Gasteiger partial charge in [0.25, 0.3) is 5.91 Å². The Hall–Kier alpha value is -2.28. The molecule has 3 N–H and O–H groups in total. The summed E-state index contributed by atoms with van der Waals surface area (Å²) in [5, 5.41) is 5.14. The first-order valence-electron chi connectivity index (χ1n) is 5.72. The Morgan fingerprint density at radius 2 is 2.11 bits per heavy atom. The summed E-state index contributed by atoms with van der Waals surface area (Å²) in [4.78, 5) is 12.1. The third-order valence-corrected chi connectivity index (χ3v) is 2.88. The van der Waals surface area contributed by atoms with Crippen molar-refractivity contribution in [3.63, 3.8) is 0 Å². The zero-order valence-electron chi connectivity index (χ0n) is 11.0. The number of carbonyl (C=O) groups is 1. The second kappa shape index (κ2) is 5.15. The van der Waals surface area contributed by atoms with Crippen LogP contribution in [0.4, 0.5) is 0 Å². The van der Waals surface area contributed by atoms with Gasteiger partial charge in [0.05, 0.1) is 19.8 Å². The first-order chi connectivity index (χ1) is 9.08. The molecule has 0 aliphatic carbocycles. The minimum absolute atomic E-state index is 0.208. The molecule has 1 amide bonds. The van der Waals surface area contributed by atoms with E-state index < -0.39 is 0 Å². The van der Waals surface area contributed by atoms with Gasteiger partial charge in [-0.1, -0.05) is 0 Å². The molecule has 0 radical (unpaired) electrons. The van der Waals surface area contributed by atoms with Gasteiger partial charge in [-0.05, 0) is 19.1 Å². The molecule has 1 aliphatic rings. The smallest absolute Gasteiger partial charge is 0.290 e. The van der Waals surface area contributed by atoms with Gasteiger partial charge in [0, 0.05) is 6.07 Å². The molecular formula is C12H16N4O3. The molecule has 7 nitrogen and oxygen atoms in total. The monoisotopic (exact) mass is 264 g/mol. The Labute approximate surface area is 110 Å². The van der Waals surface area contributed by atoms with Crippen LogP contribution in [0.3, 0.4) is 0 Å². The predicted octanol–water partition coefficient (Wildman–Crippen LogP) is 0.0594. The number of hydrogen-bond acceptors (Lipinski definition) is 6. The van der Waals surface area contributed by atoms with Gasteiger partial charge in [0.1, 0.15) is 17.7 Å². The van der Waals surface area contributed by atoms with Gasteiger partial charge in [0.15, 0.2) is 5.71 Å². The van der Waals surface area contributed by atoms with Crippen LogP contribution in [0.25, 0.3) is 0 Å². The number of carbonyl (C=O) groups excluding carboxylic acids is 1. The Balaban J connectivity index is 2.44. The molecule has 1 heterocycles. The largest absolute Gasteiger partial charge is 0.497 e. The number of nitrogens with zero attached hydrogens (tertiary/aromatic N) is 2. The van der Waals surface area contributed by atoms with Crippen molar-refractivity contribution >= 4 is 11.6 Å². The highest BCUT2D eigenvalue weighted by atomic mass is 16.5. The number of hydrogen-bond donors (Lipinski definition) is 2. The summed E-state index contributed by atoms with van der Waals surface area (Å²) in [6.45, 7) is 1.74. The molecule has 1 aliphatic heterocycles. The van der Waals surface area contributed by atoms with Crippen LogP contribution < -0.4 is 20.7 Å². The van der Waals surface area contributed by atoms with Crippen molar-refractivity contribution < 1.29 is 14.3 Å². The molecule has 0 fully saturated rings. The quantitative estimate of drug-likeness (QED) is 0.595. The van der Waals surface area contributed by atoms with Crippen molar-refractivity contribution in [1.29, 1.82) is 0 Å². The molecule has 0 spiro atoms. The van der Waals surface area contributed by atoms with Gasteiger partial charge >= 0.3 is 0 Å². The van der Waals surface area contributed by atoms with E-state index in [1.165, 1.54) is 7.11 Å². The molecule has 2 rings (SSSR count). The number of amides is 1. The van der Waals surface area contributed by atoms with Crippen LogP contribution in [0.15, 0.2) is 23.3 Å². The van der Waals surface area contributed by atoms with Crippen LogP contribution in [0, 0.1) is 0 Å². The molecule has 19 heavy (non-hydrogen) atoms. The van der Waals surface area contributed by atoms with E-state index in [0.29, 0.717) is 17.1 Å². The van der Waals surface area contributed by atoms with Crippen molar-refractivity contribution in [2.24, 2.45) is 10.9 Å². The van der Waals surface area contributed by atoms with Crippen molar-refractivity contribution in [2.75, 3.05) is 14.2 Å². The summed E-state index contributed by atoms with van der Waals surface area (Å²) in [6, 6.07) is 5.12. The van der Waals surface area contributed by atoms with Crippen molar-refractivity contribution in [3.8, 4) is 11.5 Å². The standard InChI is InChI=1S/C12H16N4O3/c1-7-14-15-11(12(17)16(7)13)9-5-4-8(18-2)6-10(9)19-3/h4-7,14H,13H2,1-3H3. The maximum atomic E-state index is 12.1. The Kier molecular flexibility index (Phi) is 3.57. The number of benzene rings is 1. The van der Waals surface area contributed by atoms with E-state index in [1.54, 1.807) is 32.2 Å².